The number of rotatable bonds is 2. The first kappa shape index (κ1) is 9.47. The SMILES string of the molecule is CCc1ccc(-c2nn3cnnc3s2)cc1. The Morgan fingerprint density at radius 2 is 2.06 bits per heavy atom. The minimum atomic E-state index is 0.828. The van der Waals surface area contributed by atoms with Gasteiger partial charge in [-0.1, -0.05) is 42.5 Å². The van der Waals surface area contributed by atoms with Gasteiger partial charge in [0, 0.05) is 5.56 Å². The topological polar surface area (TPSA) is 43.1 Å². The average Bonchev–Trinajstić information content (AvgIpc) is 2.89. The molecular formula is C11H10N4S. The molecule has 0 fully saturated rings. The van der Waals surface area contributed by atoms with Crippen LogP contribution in [0.3, 0.4) is 0 Å². The van der Waals surface area contributed by atoms with Gasteiger partial charge in [-0.3, -0.25) is 0 Å². The van der Waals surface area contributed by atoms with E-state index < -0.39 is 0 Å². The predicted molar refractivity (Wildman–Crippen MR) is 63.5 cm³/mol. The van der Waals surface area contributed by atoms with Gasteiger partial charge < -0.3 is 0 Å². The van der Waals surface area contributed by atoms with Crippen LogP contribution in [-0.4, -0.2) is 19.8 Å². The number of hydrogen-bond donors (Lipinski definition) is 0. The first-order valence-corrected chi connectivity index (χ1v) is 5.94. The summed E-state index contributed by atoms with van der Waals surface area (Å²) in [6.45, 7) is 2.15. The van der Waals surface area contributed by atoms with Gasteiger partial charge in [0.1, 0.15) is 11.3 Å². The second-order valence-corrected chi connectivity index (χ2v) is 4.47. The number of aryl methyl sites for hydroxylation is 1. The third-order valence-electron chi connectivity index (χ3n) is 2.50. The van der Waals surface area contributed by atoms with Crippen LogP contribution >= 0.6 is 11.3 Å². The molecule has 3 aromatic rings. The maximum Gasteiger partial charge on any atom is 0.234 e. The number of aromatic nitrogens is 4. The van der Waals surface area contributed by atoms with E-state index in [1.807, 2.05) is 0 Å². The van der Waals surface area contributed by atoms with Crippen LogP contribution in [0.2, 0.25) is 0 Å². The molecule has 0 spiro atoms. The largest absolute Gasteiger partial charge is 0.234 e. The summed E-state index contributed by atoms with van der Waals surface area (Å²) in [6.07, 6.45) is 2.68. The Morgan fingerprint density at radius 1 is 1.25 bits per heavy atom. The average molecular weight is 230 g/mol. The van der Waals surface area contributed by atoms with Crippen LogP contribution < -0.4 is 0 Å². The second kappa shape index (κ2) is 3.68. The van der Waals surface area contributed by atoms with Gasteiger partial charge in [0.15, 0.2) is 0 Å². The van der Waals surface area contributed by atoms with Crippen molar-refractivity contribution in [2.24, 2.45) is 0 Å². The Bertz CT molecular complexity index is 580. The Hall–Kier alpha value is -1.75. The van der Waals surface area contributed by atoms with E-state index >= 15 is 0 Å². The zero-order chi connectivity index (χ0) is 11.0. The van der Waals surface area contributed by atoms with Crippen LogP contribution in [0.4, 0.5) is 0 Å². The van der Waals surface area contributed by atoms with Gasteiger partial charge >= 0.3 is 0 Å². The minimum absolute atomic E-state index is 0.828. The molecule has 0 unspecified atom stereocenters. The summed E-state index contributed by atoms with van der Waals surface area (Å²) in [7, 11) is 0. The third-order valence-corrected chi connectivity index (χ3v) is 3.46. The molecule has 3 rings (SSSR count). The molecule has 0 saturated carbocycles. The van der Waals surface area contributed by atoms with Crippen LogP contribution in [0.1, 0.15) is 12.5 Å². The lowest BCUT2D eigenvalue weighted by Gasteiger charge is -1.97. The fourth-order valence-corrected chi connectivity index (χ4v) is 2.38. The molecule has 0 amide bonds. The number of benzene rings is 1. The maximum absolute atomic E-state index is 4.41. The highest BCUT2D eigenvalue weighted by Crippen LogP contribution is 2.24. The van der Waals surface area contributed by atoms with Crippen LogP contribution in [0.15, 0.2) is 30.6 Å². The standard InChI is InChI=1S/C11H10N4S/c1-2-8-3-5-9(6-4-8)10-14-15-7-12-13-11(15)16-10/h3-7H,2H2,1H3. The molecule has 5 heteroatoms. The lowest BCUT2D eigenvalue weighted by atomic mass is 10.1. The molecule has 80 valence electrons. The number of hydrogen-bond acceptors (Lipinski definition) is 4. The Kier molecular flexibility index (Phi) is 2.18. The van der Waals surface area contributed by atoms with Gasteiger partial charge in [0.2, 0.25) is 4.96 Å². The lowest BCUT2D eigenvalue weighted by molar-refractivity contribution is 0.959. The van der Waals surface area contributed by atoms with Crippen molar-refractivity contribution >= 4 is 16.3 Å². The third kappa shape index (κ3) is 1.49. The zero-order valence-corrected chi connectivity index (χ0v) is 9.61. The molecule has 0 aliphatic carbocycles. The molecule has 0 aliphatic rings. The summed E-state index contributed by atoms with van der Waals surface area (Å²) in [5.41, 5.74) is 2.47. The van der Waals surface area contributed by atoms with E-state index in [0.717, 1.165) is 22.0 Å². The van der Waals surface area contributed by atoms with Gasteiger partial charge in [-0.05, 0) is 12.0 Å². The second-order valence-electron chi connectivity index (χ2n) is 3.52. The van der Waals surface area contributed by atoms with Crippen molar-refractivity contribution in [2.45, 2.75) is 13.3 Å². The van der Waals surface area contributed by atoms with Crippen molar-refractivity contribution in [1.82, 2.24) is 19.8 Å². The van der Waals surface area contributed by atoms with Crippen molar-refractivity contribution < 1.29 is 0 Å². The first-order chi connectivity index (χ1) is 7.86. The van der Waals surface area contributed by atoms with Crippen LogP contribution in [0, 0.1) is 0 Å². The van der Waals surface area contributed by atoms with Crippen molar-refractivity contribution in [3.8, 4) is 10.6 Å². The molecule has 2 aromatic heterocycles. The smallest absolute Gasteiger partial charge is 0.190 e. The molecule has 1 aromatic carbocycles. The summed E-state index contributed by atoms with van der Waals surface area (Å²) >= 11 is 1.55. The fourth-order valence-electron chi connectivity index (χ4n) is 1.56. The molecule has 16 heavy (non-hydrogen) atoms. The summed E-state index contributed by atoms with van der Waals surface area (Å²) in [5.74, 6) is 0. The summed E-state index contributed by atoms with van der Waals surface area (Å²) in [4.78, 5) is 0.828. The van der Waals surface area contributed by atoms with Crippen LogP contribution in [-0.2, 0) is 6.42 Å². The quantitative estimate of drug-likeness (QED) is 0.679. The molecule has 0 saturated heterocycles. The first-order valence-electron chi connectivity index (χ1n) is 5.13. The highest BCUT2D eigenvalue weighted by molar-refractivity contribution is 7.19. The van der Waals surface area contributed by atoms with E-state index in [9.17, 15) is 0 Å². The molecule has 0 aliphatic heterocycles. The monoisotopic (exact) mass is 230 g/mol. The maximum atomic E-state index is 4.41. The van der Waals surface area contributed by atoms with E-state index in [1.165, 1.54) is 5.56 Å². The lowest BCUT2D eigenvalue weighted by Crippen LogP contribution is -1.83. The van der Waals surface area contributed by atoms with Crippen molar-refractivity contribution in [2.75, 3.05) is 0 Å². The van der Waals surface area contributed by atoms with Gasteiger partial charge in [-0.25, -0.2) is 0 Å². The summed E-state index contributed by atoms with van der Waals surface area (Å²) < 4.78 is 1.70. The normalized spacial score (nSPS) is 11.1. The van der Waals surface area contributed by atoms with Crippen molar-refractivity contribution in [1.29, 1.82) is 0 Å². The van der Waals surface area contributed by atoms with E-state index in [-0.39, 0.29) is 0 Å². The van der Waals surface area contributed by atoms with Crippen molar-refractivity contribution in [3.05, 3.63) is 36.2 Å². The summed E-state index contributed by atoms with van der Waals surface area (Å²) in [6, 6.07) is 8.48. The molecule has 0 atom stereocenters. The molecular weight excluding hydrogens is 220 g/mol. The highest BCUT2D eigenvalue weighted by Gasteiger charge is 2.06. The molecule has 2 heterocycles. The van der Waals surface area contributed by atoms with E-state index in [1.54, 1.807) is 22.2 Å². The predicted octanol–water partition coefficient (Wildman–Crippen LogP) is 2.42. The highest BCUT2D eigenvalue weighted by atomic mass is 32.1. The number of nitrogens with zero attached hydrogens (tertiary/aromatic N) is 4. The molecule has 0 bridgehead atoms. The minimum Gasteiger partial charge on any atom is -0.190 e. The molecule has 0 N–H and O–H groups in total. The van der Waals surface area contributed by atoms with Crippen LogP contribution in [0.5, 0.6) is 0 Å². The fraction of sp³-hybridized carbons (Fsp3) is 0.182. The van der Waals surface area contributed by atoms with Crippen molar-refractivity contribution in [3.63, 3.8) is 0 Å². The Labute approximate surface area is 96.6 Å². The van der Waals surface area contributed by atoms with Gasteiger partial charge in [-0.15, -0.1) is 10.2 Å². The van der Waals surface area contributed by atoms with E-state index in [0.29, 0.717) is 0 Å². The zero-order valence-electron chi connectivity index (χ0n) is 8.79. The van der Waals surface area contributed by atoms with Gasteiger partial charge in [0.25, 0.3) is 0 Å². The van der Waals surface area contributed by atoms with Crippen LogP contribution in [0.25, 0.3) is 15.5 Å². The van der Waals surface area contributed by atoms with Gasteiger partial charge in [0.05, 0.1) is 0 Å². The van der Waals surface area contributed by atoms with E-state index in [2.05, 4.69) is 46.5 Å². The Morgan fingerprint density at radius 3 is 2.75 bits per heavy atom. The molecule has 4 nitrogen and oxygen atoms in total. The van der Waals surface area contributed by atoms with E-state index in [4.69, 9.17) is 0 Å². The number of fused-ring (bicyclic) bond motifs is 1. The Balaban J connectivity index is 2.05. The summed E-state index contributed by atoms with van der Waals surface area (Å²) in [5, 5.41) is 13.1. The van der Waals surface area contributed by atoms with Gasteiger partial charge in [-0.2, -0.15) is 9.61 Å². The molecule has 0 radical (unpaired) electrons.